The van der Waals surface area contributed by atoms with Crippen LogP contribution in [0.2, 0.25) is 0 Å². The maximum absolute atomic E-state index is 12.4. The molecule has 1 aromatic rings. The van der Waals surface area contributed by atoms with Gasteiger partial charge in [-0.3, -0.25) is 4.79 Å². The van der Waals surface area contributed by atoms with Crippen molar-refractivity contribution >= 4 is 21.6 Å². The summed E-state index contributed by atoms with van der Waals surface area (Å²) in [5.41, 5.74) is 0.894. The molecule has 1 aliphatic carbocycles. The number of amides is 1. The molecule has 1 amide bonds. The van der Waals surface area contributed by atoms with E-state index in [2.05, 4.69) is 26.1 Å². The van der Waals surface area contributed by atoms with Crippen molar-refractivity contribution in [3.63, 3.8) is 0 Å². The molecule has 5 nitrogen and oxygen atoms in total. The molecule has 6 heteroatoms. The maximum Gasteiger partial charge on any atom is 0.238 e. The fourth-order valence-electron chi connectivity index (χ4n) is 3.19. The van der Waals surface area contributed by atoms with Crippen LogP contribution in [0.3, 0.4) is 0 Å². The SMILES string of the molecule is CC(C)(C)C1CCC(C(=O)Nc2ccc(S(N)(=O)=O)cc2)CC1. The highest BCUT2D eigenvalue weighted by Crippen LogP contribution is 2.40. The minimum atomic E-state index is -3.70. The van der Waals surface area contributed by atoms with Crippen molar-refractivity contribution in [1.82, 2.24) is 0 Å². The zero-order chi connectivity index (χ0) is 17.3. The van der Waals surface area contributed by atoms with Gasteiger partial charge in [-0.2, -0.15) is 0 Å². The van der Waals surface area contributed by atoms with Gasteiger partial charge in [0.15, 0.2) is 0 Å². The van der Waals surface area contributed by atoms with Crippen LogP contribution in [0, 0.1) is 17.3 Å². The van der Waals surface area contributed by atoms with Gasteiger partial charge in [-0.15, -0.1) is 0 Å². The monoisotopic (exact) mass is 338 g/mol. The van der Waals surface area contributed by atoms with Crippen LogP contribution >= 0.6 is 0 Å². The van der Waals surface area contributed by atoms with Crippen molar-refractivity contribution in [2.24, 2.45) is 22.4 Å². The number of hydrogen-bond donors (Lipinski definition) is 2. The molecule has 0 aromatic heterocycles. The quantitative estimate of drug-likeness (QED) is 0.887. The van der Waals surface area contributed by atoms with Crippen LogP contribution in [0.1, 0.15) is 46.5 Å². The molecule has 23 heavy (non-hydrogen) atoms. The van der Waals surface area contributed by atoms with E-state index >= 15 is 0 Å². The van der Waals surface area contributed by atoms with Crippen LogP contribution in [0.25, 0.3) is 0 Å². The van der Waals surface area contributed by atoms with Crippen LogP contribution in [-0.4, -0.2) is 14.3 Å². The van der Waals surface area contributed by atoms with Crippen molar-refractivity contribution in [2.75, 3.05) is 5.32 Å². The van der Waals surface area contributed by atoms with E-state index in [0.29, 0.717) is 17.0 Å². The Kier molecular flexibility index (Phi) is 5.16. The van der Waals surface area contributed by atoms with E-state index in [1.54, 1.807) is 12.1 Å². The molecule has 0 bridgehead atoms. The molecule has 3 N–H and O–H groups in total. The Morgan fingerprint density at radius 1 is 1.09 bits per heavy atom. The summed E-state index contributed by atoms with van der Waals surface area (Å²) in [4.78, 5) is 12.4. The molecule has 1 fully saturated rings. The predicted octanol–water partition coefficient (Wildman–Crippen LogP) is 3.13. The Balaban J connectivity index is 1.93. The van der Waals surface area contributed by atoms with Gasteiger partial charge < -0.3 is 5.32 Å². The van der Waals surface area contributed by atoms with Gasteiger partial charge in [-0.05, 0) is 61.3 Å². The third kappa shape index (κ3) is 4.78. The molecule has 0 radical (unpaired) electrons. The van der Waals surface area contributed by atoms with Crippen LogP contribution in [-0.2, 0) is 14.8 Å². The van der Waals surface area contributed by atoms with Gasteiger partial charge in [0.25, 0.3) is 0 Å². The summed E-state index contributed by atoms with van der Waals surface area (Å²) in [6.07, 6.45) is 3.96. The lowest BCUT2D eigenvalue weighted by molar-refractivity contribution is -0.121. The third-order valence-corrected chi connectivity index (χ3v) is 5.70. The lowest BCUT2D eigenvalue weighted by Crippen LogP contribution is -2.31. The van der Waals surface area contributed by atoms with Crippen molar-refractivity contribution in [3.05, 3.63) is 24.3 Å². The molecular formula is C17H26N2O3S. The van der Waals surface area contributed by atoms with Gasteiger partial charge in [-0.25, -0.2) is 13.6 Å². The number of anilines is 1. The highest BCUT2D eigenvalue weighted by molar-refractivity contribution is 7.89. The number of sulfonamides is 1. The average Bonchev–Trinajstić information content (AvgIpc) is 2.46. The first-order chi connectivity index (χ1) is 10.6. The number of carbonyl (C=O) groups is 1. The maximum atomic E-state index is 12.4. The van der Waals surface area contributed by atoms with E-state index in [9.17, 15) is 13.2 Å². The molecule has 0 atom stereocenters. The van der Waals surface area contributed by atoms with Gasteiger partial charge in [0.05, 0.1) is 4.90 Å². The zero-order valence-electron chi connectivity index (χ0n) is 14.0. The molecule has 1 aliphatic rings. The van der Waals surface area contributed by atoms with Crippen molar-refractivity contribution < 1.29 is 13.2 Å². The van der Waals surface area contributed by atoms with Gasteiger partial charge in [0.1, 0.15) is 0 Å². The predicted molar refractivity (Wildman–Crippen MR) is 91.3 cm³/mol. The van der Waals surface area contributed by atoms with Crippen LogP contribution < -0.4 is 10.5 Å². The highest BCUT2D eigenvalue weighted by Gasteiger charge is 2.32. The molecule has 0 unspecified atom stereocenters. The first kappa shape index (κ1) is 17.9. The number of nitrogens with two attached hydrogens (primary N) is 1. The van der Waals surface area contributed by atoms with E-state index in [0.717, 1.165) is 25.7 Å². The molecular weight excluding hydrogens is 312 g/mol. The lowest BCUT2D eigenvalue weighted by atomic mass is 9.69. The summed E-state index contributed by atoms with van der Waals surface area (Å²) < 4.78 is 22.4. The smallest absolute Gasteiger partial charge is 0.238 e. The Hall–Kier alpha value is -1.40. The minimum Gasteiger partial charge on any atom is -0.326 e. The van der Waals surface area contributed by atoms with Gasteiger partial charge >= 0.3 is 0 Å². The first-order valence-corrected chi connectivity index (χ1v) is 9.56. The Morgan fingerprint density at radius 3 is 2.04 bits per heavy atom. The van der Waals surface area contributed by atoms with Gasteiger partial charge in [0, 0.05) is 11.6 Å². The fraction of sp³-hybridized carbons (Fsp3) is 0.588. The Morgan fingerprint density at radius 2 is 1.61 bits per heavy atom. The number of primary sulfonamides is 1. The van der Waals surface area contributed by atoms with E-state index in [1.807, 2.05) is 0 Å². The standard InChI is InChI=1S/C17H26N2O3S/c1-17(2,3)13-6-4-12(5-7-13)16(20)19-14-8-10-15(11-9-14)23(18,21)22/h8-13H,4-7H2,1-3H3,(H,19,20)(H2,18,21,22). The zero-order valence-corrected chi connectivity index (χ0v) is 14.8. The van der Waals surface area contributed by atoms with Gasteiger partial charge in [0.2, 0.25) is 15.9 Å². The van der Waals surface area contributed by atoms with Crippen LogP contribution in [0.5, 0.6) is 0 Å². The summed E-state index contributed by atoms with van der Waals surface area (Å²) in [6.45, 7) is 6.77. The fourth-order valence-corrected chi connectivity index (χ4v) is 3.71. The molecule has 0 heterocycles. The van der Waals surface area contributed by atoms with E-state index in [-0.39, 0.29) is 16.7 Å². The Bertz CT molecular complexity index is 652. The normalized spacial score (nSPS) is 22.6. The van der Waals surface area contributed by atoms with Gasteiger partial charge in [-0.1, -0.05) is 20.8 Å². The average molecular weight is 338 g/mol. The summed E-state index contributed by atoms with van der Waals surface area (Å²) in [6, 6.07) is 5.94. The van der Waals surface area contributed by atoms with E-state index in [4.69, 9.17) is 5.14 Å². The summed E-state index contributed by atoms with van der Waals surface area (Å²) in [5.74, 6) is 0.716. The number of benzene rings is 1. The second-order valence-electron chi connectivity index (χ2n) is 7.47. The second kappa shape index (κ2) is 6.61. The third-order valence-electron chi connectivity index (χ3n) is 4.77. The molecule has 1 saturated carbocycles. The molecule has 1 aromatic carbocycles. The van der Waals surface area contributed by atoms with E-state index in [1.165, 1.54) is 12.1 Å². The molecule has 0 saturated heterocycles. The summed E-state index contributed by atoms with van der Waals surface area (Å²) >= 11 is 0. The lowest BCUT2D eigenvalue weighted by Gasteiger charge is -2.36. The van der Waals surface area contributed by atoms with Crippen LogP contribution in [0.15, 0.2) is 29.2 Å². The minimum absolute atomic E-state index is 0.0146. The topological polar surface area (TPSA) is 89.3 Å². The molecule has 0 aliphatic heterocycles. The first-order valence-electron chi connectivity index (χ1n) is 8.01. The highest BCUT2D eigenvalue weighted by atomic mass is 32.2. The van der Waals surface area contributed by atoms with Crippen molar-refractivity contribution in [3.8, 4) is 0 Å². The number of rotatable bonds is 3. The second-order valence-corrected chi connectivity index (χ2v) is 9.03. The molecule has 128 valence electrons. The van der Waals surface area contributed by atoms with Crippen LogP contribution in [0.4, 0.5) is 5.69 Å². The Labute approximate surface area is 138 Å². The number of carbonyl (C=O) groups excluding carboxylic acids is 1. The molecule has 0 spiro atoms. The number of hydrogen-bond acceptors (Lipinski definition) is 3. The summed E-state index contributed by atoms with van der Waals surface area (Å²) in [7, 11) is -3.70. The number of nitrogens with one attached hydrogen (secondary N) is 1. The van der Waals surface area contributed by atoms with Crippen molar-refractivity contribution in [1.29, 1.82) is 0 Å². The van der Waals surface area contributed by atoms with Crippen molar-refractivity contribution in [2.45, 2.75) is 51.3 Å². The van der Waals surface area contributed by atoms with E-state index < -0.39 is 10.0 Å². The summed E-state index contributed by atoms with van der Waals surface area (Å²) in [5, 5.41) is 7.93. The largest absolute Gasteiger partial charge is 0.326 e. The molecule has 2 rings (SSSR count).